The smallest absolute Gasteiger partial charge is 0.312 e. The number of hydrogen-bond acceptors (Lipinski definition) is 4. The average molecular weight is 412 g/mol. The first kappa shape index (κ1) is 21.5. The number of anilines is 1. The van der Waals surface area contributed by atoms with Gasteiger partial charge in [0.15, 0.2) is 6.10 Å². The van der Waals surface area contributed by atoms with E-state index in [2.05, 4.69) is 12.2 Å². The van der Waals surface area contributed by atoms with Crippen molar-refractivity contribution in [2.24, 2.45) is 5.92 Å². The molecule has 0 aliphatic carbocycles. The second-order valence-corrected chi connectivity index (χ2v) is 7.35. The van der Waals surface area contributed by atoms with Crippen molar-refractivity contribution in [2.75, 3.05) is 11.4 Å². The highest BCUT2D eigenvalue weighted by atomic mass is 19.1. The third kappa shape index (κ3) is 5.23. The lowest BCUT2D eigenvalue weighted by atomic mass is 10.1. The van der Waals surface area contributed by atoms with E-state index in [1.165, 1.54) is 24.6 Å². The van der Waals surface area contributed by atoms with E-state index < -0.39 is 23.9 Å². The molecule has 1 fully saturated rings. The summed E-state index contributed by atoms with van der Waals surface area (Å²) in [5.74, 6) is -2.14. The summed E-state index contributed by atoms with van der Waals surface area (Å²) in [6, 6.07) is 13.4. The van der Waals surface area contributed by atoms with Crippen LogP contribution in [0.15, 0.2) is 48.5 Å². The standard InChI is InChI=1S/C23H25FN2O4/c1-3-16-6-10-20(11-7-16)26-14-18(12-21(26)27)23(29)30-15(2)22(28)25-13-17-4-8-19(24)9-5-17/h4-11,15,18H,3,12-14H2,1-2H3,(H,25,28)/t15-,18-/m0/s1. The van der Waals surface area contributed by atoms with Crippen LogP contribution < -0.4 is 10.2 Å². The highest BCUT2D eigenvalue weighted by molar-refractivity contribution is 5.99. The maximum atomic E-state index is 12.9. The predicted molar refractivity (Wildman–Crippen MR) is 110 cm³/mol. The zero-order chi connectivity index (χ0) is 21.7. The number of esters is 1. The number of aryl methyl sites for hydroxylation is 1. The number of ether oxygens (including phenoxy) is 1. The summed E-state index contributed by atoms with van der Waals surface area (Å²) < 4.78 is 18.2. The predicted octanol–water partition coefficient (Wildman–Crippen LogP) is 2.99. The number of nitrogens with one attached hydrogen (secondary N) is 1. The van der Waals surface area contributed by atoms with Crippen LogP contribution in [0.4, 0.5) is 10.1 Å². The second kappa shape index (κ2) is 9.52. The van der Waals surface area contributed by atoms with Crippen LogP contribution in [0.5, 0.6) is 0 Å². The van der Waals surface area contributed by atoms with Gasteiger partial charge in [0.2, 0.25) is 5.91 Å². The van der Waals surface area contributed by atoms with E-state index in [-0.39, 0.29) is 31.2 Å². The van der Waals surface area contributed by atoms with E-state index in [4.69, 9.17) is 4.74 Å². The van der Waals surface area contributed by atoms with Crippen LogP contribution in [0, 0.1) is 11.7 Å². The van der Waals surface area contributed by atoms with Crippen LogP contribution in [-0.2, 0) is 32.1 Å². The Balaban J connectivity index is 1.51. The topological polar surface area (TPSA) is 75.7 Å². The minimum Gasteiger partial charge on any atom is -0.452 e. The molecule has 1 saturated heterocycles. The van der Waals surface area contributed by atoms with E-state index in [0.717, 1.165) is 17.7 Å². The van der Waals surface area contributed by atoms with Gasteiger partial charge in [0.05, 0.1) is 5.92 Å². The Morgan fingerprint density at radius 3 is 2.40 bits per heavy atom. The fraction of sp³-hybridized carbons (Fsp3) is 0.348. The molecule has 6 nitrogen and oxygen atoms in total. The van der Waals surface area contributed by atoms with Crippen molar-refractivity contribution >= 4 is 23.5 Å². The fourth-order valence-electron chi connectivity index (χ4n) is 3.29. The summed E-state index contributed by atoms with van der Waals surface area (Å²) in [7, 11) is 0. The van der Waals surface area contributed by atoms with Crippen molar-refractivity contribution in [1.82, 2.24) is 5.32 Å². The molecule has 2 atom stereocenters. The van der Waals surface area contributed by atoms with Crippen LogP contribution in [0.25, 0.3) is 0 Å². The molecule has 1 heterocycles. The maximum absolute atomic E-state index is 12.9. The van der Waals surface area contributed by atoms with Crippen LogP contribution >= 0.6 is 0 Å². The average Bonchev–Trinajstić information content (AvgIpc) is 3.15. The molecule has 0 radical (unpaired) electrons. The Kier molecular flexibility index (Phi) is 6.82. The van der Waals surface area contributed by atoms with E-state index in [1.54, 1.807) is 17.0 Å². The van der Waals surface area contributed by atoms with E-state index in [9.17, 15) is 18.8 Å². The molecular formula is C23H25FN2O4. The lowest BCUT2D eigenvalue weighted by Gasteiger charge is -2.18. The van der Waals surface area contributed by atoms with Crippen molar-refractivity contribution < 1.29 is 23.5 Å². The van der Waals surface area contributed by atoms with Crippen LogP contribution in [0.3, 0.4) is 0 Å². The lowest BCUT2D eigenvalue weighted by Crippen LogP contribution is -2.37. The molecule has 7 heteroatoms. The number of rotatable bonds is 7. The van der Waals surface area contributed by atoms with Crippen molar-refractivity contribution in [3.05, 3.63) is 65.5 Å². The second-order valence-electron chi connectivity index (χ2n) is 7.35. The largest absolute Gasteiger partial charge is 0.452 e. The number of nitrogens with zero attached hydrogens (tertiary/aromatic N) is 1. The van der Waals surface area contributed by atoms with Gasteiger partial charge >= 0.3 is 5.97 Å². The summed E-state index contributed by atoms with van der Waals surface area (Å²) in [5.41, 5.74) is 2.65. The molecule has 0 spiro atoms. The molecule has 0 aromatic heterocycles. The molecule has 158 valence electrons. The Morgan fingerprint density at radius 1 is 1.13 bits per heavy atom. The number of carbonyl (C=O) groups excluding carboxylic acids is 3. The Bertz CT molecular complexity index is 912. The monoisotopic (exact) mass is 412 g/mol. The Labute approximate surface area is 175 Å². The van der Waals surface area contributed by atoms with Gasteiger partial charge in [-0.25, -0.2) is 4.39 Å². The number of benzene rings is 2. The van der Waals surface area contributed by atoms with E-state index in [1.807, 2.05) is 24.3 Å². The molecule has 1 N–H and O–H groups in total. The van der Waals surface area contributed by atoms with Gasteiger partial charge in [0, 0.05) is 25.2 Å². The zero-order valence-electron chi connectivity index (χ0n) is 17.1. The number of hydrogen-bond donors (Lipinski definition) is 1. The summed E-state index contributed by atoms with van der Waals surface area (Å²) in [6.07, 6.45) is -0.0336. The summed E-state index contributed by atoms with van der Waals surface area (Å²) in [4.78, 5) is 38.6. The first-order valence-corrected chi connectivity index (χ1v) is 9.99. The van der Waals surface area contributed by atoms with Crippen molar-refractivity contribution in [3.63, 3.8) is 0 Å². The molecule has 2 aromatic rings. The van der Waals surface area contributed by atoms with Crippen molar-refractivity contribution in [1.29, 1.82) is 0 Å². The van der Waals surface area contributed by atoms with Gasteiger partial charge < -0.3 is 15.0 Å². The highest BCUT2D eigenvalue weighted by Gasteiger charge is 2.37. The molecule has 0 saturated carbocycles. The minimum absolute atomic E-state index is 0.0539. The van der Waals surface area contributed by atoms with Crippen LogP contribution in [0.2, 0.25) is 0 Å². The van der Waals surface area contributed by atoms with Gasteiger partial charge in [-0.15, -0.1) is 0 Å². The minimum atomic E-state index is -0.995. The third-order valence-electron chi connectivity index (χ3n) is 5.16. The van der Waals surface area contributed by atoms with Crippen LogP contribution in [0.1, 0.15) is 31.4 Å². The van der Waals surface area contributed by atoms with Gasteiger partial charge in [-0.2, -0.15) is 0 Å². The van der Waals surface area contributed by atoms with Crippen molar-refractivity contribution in [3.8, 4) is 0 Å². The number of amides is 2. The van der Waals surface area contributed by atoms with Crippen LogP contribution in [-0.4, -0.2) is 30.4 Å². The first-order chi connectivity index (χ1) is 14.4. The molecule has 0 bridgehead atoms. The molecule has 1 aliphatic rings. The quantitative estimate of drug-likeness (QED) is 0.710. The summed E-state index contributed by atoms with van der Waals surface area (Å²) in [5, 5.41) is 2.65. The highest BCUT2D eigenvalue weighted by Crippen LogP contribution is 2.26. The summed E-state index contributed by atoms with van der Waals surface area (Å²) in [6.45, 7) is 3.96. The number of carbonyl (C=O) groups is 3. The van der Waals surface area contributed by atoms with Gasteiger partial charge in [-0.1, -0.05) is 31.2 Å². The summed E-state index contributed by atoms with van der Waals surface area (Å²) >= 11 is 0. The molecule has 30 heavy (non-hydrogen) atoms. The molecule has 0 unspecified atom stereocenters. The SMILES string of the molecule is CCc1ccc(N2C[C@@H](C(=O)O[C@@H](C)C(=O)NCc3ccc(F)cc3)CC2=O)cc1. The van der Waals surface area contributed by atoms with Gasteiger partial charge in [0.1, 0.15) is 5.82 Å². The third-order valence-corrected chi connectivity index (χ3v) is 5.16. The molecular weight excluding hydrogens is 387 g/mol. The van der Waals surface area contributed by atoms with E-state index >= 15 is 0 Å². The molecule has 1 aliphatic heterocycles. The van der Waals surface area contributed by atoms with Gasteiger partial charge in [0.25, 0.3) is 5.91 Å². The van der Waals surface area contributed by atoms with E-state index in [0.29, 0.717) is 0 Å². The molecule has 2 amide bonds. The molecule has 2 aromatic carbocycles. The Morgan fingerprint density at radius 2 is 1.77 bits per heavy atom. The van der Waals surface area contributed by atoms with Gasteiger partial charge in [-0.3, -0.25) is 14.4 Å². The normalized spacial score (nSPS) is 17.0. The molecule has 3 rings (SSSR count). The van der Waals surface area contributed by atoms with Gasteiger partial charge in [-0.05, 0) is 48.7 Å². The Hall–Kier alpha value is -3.22. The van der Waals surface area contributed by atoms with Crippen molar-refractivity contribution in [2.45, 2.75) is 39.3 Å². The fourth-order valence-corrected chi connectivity index (χ4v) is 3.29. The zero-order valence-corrected chi connectivity index (χ0v) is 17.1. The first-order valence-electron chi connectivity index (χ1n) is 9.99. The lowest BCUT2D eigenvalue weighted by molar-refractivity contribution is -0.158. The maximum Gasteiger partial charge on any atom is 0.312 e. The number of halogens is 1.